The summed E-state index contributed by atoms with van der Waals surface area (Å²) in [6.45, 7) is 0. The van der Waals surface area contributed by atoms with Crippen LogP contribution in [-0.2, 0) is 11.2 Å². The molecule has 1 amide bonds. The van der Waals surface area contributed by atoms with Crippen LogP contribution >= 0.6 is 0 Å². The molecule has 0 fully saturated rings. The highest BCUT2D eigenvalue weighted by Gasteiger charge is 2.06. The molecule has 0 atom stereocenters. The number of benzene rings is 1. The Kier molecular flexibility index (Phi) is 3.94. The summed E-state index contributed by atoms with van der Waals surface area (Å²) in [5.74, 6) is 0.649. The van der Waals surface area contributed by atoms with E-state index in [2.05, 4.69) is 10.9 Å². The minimum Gasteiger partial charge on any atom is -0.496 e. The lowest BCUT2D eigenvalue weighted by molar-refractivity contribution is -0.121. The monoisotopic (exact) mass is 194 g/mol. The van der Waals surface area contributed by atoms with Crippen molar-refractivity contribution in [3.05, 3.63) is 29.8 Å². The van der Waals surface area contributed by atoms with E-state index in [1.54, 1.807) is 14.2 Å². The van der Waals surface area contributed by atoms with Crippen molar-refractivity contribution in [3.63, 3.8) is 0 Å². The van der Waals surface area contributed by atoms with E-state index < -0.39 is 0 Å². The third-order valence-corrected chi connectivity index (χ3v) is 1.81. The molecule has 2 N–H and O–H groups in total. The highest BCUT2D eigenvalue weighted by molar-refractivity contribution is 5.78. The van der Waals surface area contributed by atoms with Crippen molar-refractivity contribution in [1.82, 2.24) is 10.9 Å². The average molecular weight is 194 g/mol. The lowest BCUT2D eigenvalue weighted by Gasteiger charge is -2.07. The third-order valence-electron chi connectivity index (χ3n) is 1.81. The number of hydrogen-bond acceptors (Lipinski definition) is 3. The zero-order valence-corrected chi connectivity index (χ0v) is 8.33. The molecule has 0 bridgehead atoms. The van der Waals surface area contributed by atoms with Crippen LogP contribution in [0.1, 0.15) is 5.56 Å². The summed E-state index contributed by atoms with van der Waals surface area (Å²) in [6, 6.07) is 7.46. The molecule has 1 aromatic carbocycles. The van der Waals surface area contributed by atoms with Crippen LogP contribution in [0.3, 0.4) is 0 Å². The number of amides is 1. The van der Waals surface area contributed by atoms with Crippen LogP contribution in [0.25, 0.3) is 0 Å². The summed E-state index contributed by atoms with van der Waals surface area (Å²) in [7, 11) is 3.24. The normalized spacial score (nSPS) is 9.57. The lowest BCUT2D eigenvalue weighted by atomic mass is 10.1. The molecule has 0 aliphatic rings. The molecule has 0 radical (unpaired) electrons. The first-order valence-corrected chi connectivity index (χ1v) is 4.35. The number of rotatable bonds is 4. The summed E-state index contributed by atoms with van der Waals surface area (Å²) >= 11 is 0. The Morgan fingerprint density at radius 2 is 2.14 bits per heavy atom. The van der Waals surface area contributed by atoms with Crippen LogP contribution in [0.5, 0.6) is 5.75 Å². The maximum atomic E-state index is 11.3. The van der Waals surface area contributed by atoms with Crippen molar-refractivity contribution >= 4 is 5.91 Å². The van der Waals surface area contributed by atoms with E-state index in [1.807, 2.05) is 24.3 Å². The van der Waals surface area contributed by atoms with Gasteiger partial charge < -0.3 is 4.74 Å². The van der Waals surface area contributed by atoms with Gasteiger partial charge in [0.05, 0.1) is 13.5 Å². The molecular weight excluding hydrogens is 180 g/mol. The molecule has 0 aromatic heterocycles. The predicted octanol–water partition coefficient (Wildman–Crippen LogP) is 0.488. The molecule has 76 valence electrons. The van der Waals surface area contributed by atoms with Crippen molar-refractivity contribution in [2.75, 3.05) is 14.2 Å². The number of hydrazine groups is 1. The van der Waals surface area contributed by atoms with E-state index >= 15 is 0 Å². The minimum absolute atomic E-state index is 0.0861. The second-order valence-electron chi connectivity index (χ2n) is 2.79. The second kappa shape index (κ2) is 5.24. The van der Waals surface area contributed by atoms with Gasteiger partial charge in [-0.3, -0.25) is 10.2 Å². The summed E-state index contributed by atoms with van der Waals surface area (Å²) in [4.78, 5) is 11.3. The van der Waals surface area contributed by atoms with Gasteiger partial charge in [-0.05, 0) is 6.07 Å². The number of carbonyl (C=O) groups is 1. The van der Waals surface area contributed by atoms with Crippen molar-refractivity contribution in [3.8, 4) is 5.75 Å². The van der Waals surface area contributed by atoms with Crippen LogP contribution < -0.4 is 15.6 Å². The number of hydrogen-bond donors (Lipinski definition) is 2. The fourth-order valence-corrected chi connectivity index (χ4v) is 1.21. The molecule has 0 unspecified atom stereocenters. The van der Waals surface area contributed by atoms with Crippen LogP contribution in [0.4, 0.5) is 0 Å². The summed E-state index contributed by atoms with van der Waals surface area (Å²) in [5.41, 5.74) is 5.96. The van der Waals surface area contributed by atoms with Crippen molar-refractivity contribution in [2.24, 2.45) is 0 Å². The van der Waals surface area contributed by atoms with Gasteiger partial charge in [0.2, 0.25) is 5.91 Å². The maximum Gasteiger partial charge on any atom is 0.238 e. The lowest BCUT2D eigenvalue weighted by Crippen LogP contribution is -2.35. The molecule has 0 heterocycles. The maximum absolute atomic E-state index is 11.3. The fourth-order valence-electron chi connectivity index (χ4n) is 1.21. The number of nitrogens with one attached hydrogen (secondary N) is 2. The first-order valence-electron chi connectivity index (χ1n) is 4.35. The van der Waals surface area contributed by atoms with E-state index in [0.717, 1.165) is 11.3 Å². The predicted molar refractivity (Wildman–Crippen MR) is 53.9 cm³/mol. The van der Waals surface area contributed by atoms with E-state index in [1.165, 1.54) is 0 Å². The van der Waals surface area contributed by atoms with E-state index in [0.29, 0.717) is 6.42 Å². The molecule has 0 spiro atoms. The van der Waals surface area contributed by atoms with Crippen molar-refractivity contribution in [1.29, 1.82) is 0 Å². The van der Waals surface area contributed by atoms with Gasteiger partial charge in [-0.1, -0.05) is 18.2 Å². The topological polar surface area (TPSA) is 50.4 Å². The number of carbonyl (C=O) groups excluding carboxylic acids is 1. The molecule has 1 aromatic rings. The van der Waals surface area contributed by atoms with Gasteiger partial charge in [0.15, 0.2) is 0 Å². The zero-order valence-electron chi connectivity index (χ0n) is 8.33. The van der Waals surface area contributed by atoms with Gasteiger partial charge in [0.25, 0.3) is 0 Å². The fraction of sp³-hybridized carbons (Fsp3) is 0.300. The van der Waals surface area contributed by atoms with Crippen LogP contribution in [0.2, 0.25) is 0 Å². The largest absolute Gasteiger partial charge is 0.496 e. The van der Waals surface area contributed by atoms with E-state index in [9.17, 15) is 4.79 Å². The van der Waals surface area contributed by atoms with Gasteiger partial charge in [0.1, 0.15) is 5.75 Å². The Labute approximate surface area is 83.2 Å². The Bertz CT molecular complexity index is 313. The zero-order chi connectivity index (χ0) is 10.4. The molecule has 0 saturated heterocycles. The second-order valence-corrected chi connectivity index (χ2v) is 2.79. The molecule has 1 rings (SSSR count). The standard InChI is InChI=1S/C10H14N2O2/c1-11-12-10(13)7-8-5-3-4-6-9(8)14-2/h3-6,11H,7H2,1-2H3,(H,12,13). The SMILES string of the molecule is CNNC(=O)Cc1ccccc1OC. The number of methoxy groups -OCH3 is 1. The Morgan fingerprint density at radius 3 is 2.79 bits per heavy atom. The third kappa shape index (κ3) is 2.74. The first kappa shape index (κ1) is 10.5. The average Bonchev–Trinajstić information content (AvgIpc) is 2.19. The molecule has 0 aliphatic heterocycles. The molecule has 0 saturated carbocycles. The molecule has 14 heavy (non-hydrogen) atoms. The molecule has 0 aliphatic carbocycles. The van der Waals surface area contributed by atoms with Gasteiger partial charge in [-0.25, -0.2) is 5.43 Å². The van der Waals surface area contributed by atoms with E-state index in [-0.39, 0.29) is 5.91 Å². The van der Waals surface area contributed by atoms with Crippen LogP contribution in [0.15, 0.2) is 24.3 Å². The van der Waals surface area contributed by atoms with Crippen molar-refractivity contribution < 1.29 is 9.53 Å². The van der Waals surface area contributed by atoms with E-state index in [4.69, 9.17) is 4.74 Å². The molecule has 4 nitrogen and oxygen atoms in total. The molecule has 4 heteroatoms. The minimum atomic E-state index is -0.0861. The summed E-state index contributed by atoms with van der Waals surface area (Å²) < 4.78 is 5.12. The Balaban J connectivity index is 2.70. The number of ether oxygens (including phenoxy) is 1. The van der Waals surface area contributed by atoms with Gasteiger partial charge in [-0.15, -0.1) is 0 Å². The quantitative estimate of drug-likeness (QED) is 0.686. The smallest absolute Gasteiger partial charge is 0.238 e. The summed E-state index contributed by atoms with van der Waals surface area (Å²) in [5, 5.41) is 0. The van der Waals surface area contributed by atoms with Gasteiger partial charge in [-0.2, -0.15) is 0 Å². The van der Waals surface area contributed by atoms with Gasteiger partial charge >= 0.3 is 0 Å². The van der Waals surface area contributed by atoms with Crippen LogP contribution in [0, 0.1) is 0 Å². The summed E-state index contributed by atoms with van der Waals surface area (Å²) in [6.07, 6.45) is 0.310. The molecular formula is C10H14N2O2. The van der Waals surface area contributed by atoms with Crippen molar-refractivity contribution in [2.45, 2.75) is 6.42 Å². The number of para-hydroxylation sites is 1. The highest BCUT2D eigenvalue weighted by atomic mass is 16.5. The van der Waals surface area contributed by atoms with Crippen LogP contribution in [-0.4, -0.2) is 20.1 Å². The highest BCUT2D eigenvalue weighted by Crippen LogP contribution is 2.17. The Morgan fingerprint density at radius 1 is 1.43 bits per heavy atom. The van der Waals surface area contributed by atoms with Gasteiger partial charge in [0, 0.05) is 12.6 Å². The Hall–Kier alpha value is -1.55. The first-order chi connectivity index (χ1) is 6.77.